The molecule has 6 nitrogen and oxygen atoms in total. The van der Waals surface area contributed by atoms with Crippen LogP contribution >= 0.6 is 23.4 Å². The van der Waals surface area contributed by atoms with E-state index < -0.39 is 0 Å². The Morgan fingerprint density at radius 2 is 1.90 bits per heavy atom. The van der Waals surface area contributed by atoms with Gasteiger partial charge < -0.3 is 9.32 Å². The van der Waals surface area contributed by atoms with Gasteiger partial charge in [-0.15, -0.1) is 10.2 Å². The lowest BCUT2D eigenvalue weighted by Crippen LogP contribution is -2.48. The fraction of sp³-hybridized carbons (Fsp3) is 0.381. The van der Waals surface area contributed by atoms with E-state index in [1.54, 1.807) is 6.26 Å². The summed E-state index contributed by atoms with van der Waals surface area (Å²) in [7, 11) is 0. The molecular weight excluding hydrogens is 408 g/mol. The third kappa shape index (κ3) is 4.21. The van der Waals surface area contributed by atoms with Gasteiger partial charge >= 0.3 is 0 Å². The number of nitrogens with zero attached hydrogens (tertiary/aromatic N) is 4. The Balaban J connectivity index is 1.60. The SMILES string of the molecule is C[C@@H]1CCC[C@@H](C)N1C(=O)CSc1nnc(-c2ccco2)n1-c1ccc(Cl)cc1. The maximum absolute atomic E-state index is 12.9. The van der Waals surface area contributed by atoms with E-state index >= 15 is 0 Å². The van der Waals surface area contributed by atoms with Gasteiger partial charge in [0.15, 0.2) is 10.9 Å². The maximum atomic E-state index is 12.9. The van der Waals surface area contributed by atoms with Crippen LogP contribution in [0.4, 0.5) is 0 Å². The molecular formula is C21H23ClN4O2S. The van der Waals surface area contributed by atoms with E-state index in [4.69, 9.17) is 16.0 Å². The molecule has 3 heterocycles. The molecule has 3 aromatic rings. The number of rotatable bonds is 5. The molecule has 29 heavy (non-hydrogen) atoms. The van der Waals surface area contributed by atoms with Gasteiger partial charge in [0.05, 0.1) is 12.0 Å². The number of amides is 1. The minimum atomic E-state index is 0.139. The number of likely N-dealkylation sites (tertiary alicyclic amines) is 1. The van der Waals surface area contributed by atoms with Crippen LogP contribution in [0.3, 0.4) is 0 Å². The second-order valence-corrected chi connectivity index (χ2v) is 8.69. The number of halogens is 1. The van der Waals surface area contributed by atoms with Crippen LogP contribution in [-0.2, 0) is 4.79 Å². The molecule has 1 aromatic carbocycles. The topological polar surface area (TPSA) is 64.2 Å². The van der Waals surface area contributed by atoms with Crippen LogP contribution in [-0.4, -0.2) is 43.4 Å². The lowest BCUT2D eigenvalue weighted by atomic mass is 9.98. The molecule has 0 N–H and O–H groups in total. The van der Waals surface area contributed by atoms with Crippen molar-refractivity contribution in [1.29, 1.82) is 0 Å². The standard InChI is InChI=1S/C21H23ClN4O2S/c1-14-5-3-6-15(2)25(14)19(27)13-29-21-24-23-20(18-7-4-12-28-18)26(21)17-10-8-16(22)9-11-17/h4,7-12,14-15H,3,5-6,13H2,1-2H3/t14-,15-/m1/s1. The highest BCUT2D eigenvalue weighted by molar-refractivity contribution is 7.99. The zero-order valence-corrected chi connectivity index (χ0v) is 18.0. The predicted octanol–water partition coefficient (Wildman–Crippen LogP) is 5.06. The highest BCUT2D eigenvalue weighted by Gasteiger charge is 2.29. The van der Waals surface area contributed by atoms with Crippen LogP contribution in [0.15, 0.2) is 52.2 Å². The third-order valence-corrected chi connectivity index (χ3v) is 6.43. The van der Waals surface area contributed by atoms with Crippen LogP contribution in [0, 0.1) is 0 Å². The Kier molecular flexibility index (Phi) is 5.96. The van der Waals surface area contributed by atoms with Crippen LogP contribution < -0.4 is 0 Å². The summed E-state index contributed by atoms with van der Waals surface area (Å²) in [5.74, 6) is 1.66. The molecule has 0 radical (unpaired) electrons. The van der Waals surface area contributed by atoms with Crippen molar-refractivity contribution in [2.45, 2.75) is 50.4 Å². The second-order valence-electron chi connectivity index (χ2n) is 7.31. The molecule has 0 saturated carbocycles. The molecule has 4 rings (SSSR count). The number of carbonyl (C=O) groups excluding carboxylic acids is 1. The zero-order valence-electron chi connectivity index (χ0n) is 16.4. The normalized spacial score (nSPS) is 19.5. The average molecular weight is 431 g/mol. The van der Waals surface area contributed by atoms with Gasteiger partial charge in [-0.1, -0.05) is 23.4 Å². The smallest absolute Gasteiger partial charge is 0.233 e. The lowest BCUT2D eigenvalue weighted by molar-refractivity contribution is -0.134. The molecule has 0 spiro atoms. The average Bonchev–Trinajstić information content (AvgIpc) is 3.36. The van der Waals surface area contributed by atoms with Gasteiger partial charge in [0, 0.05) is 22.8 Å². The van der Waals surface area contributed by atoms with E-state index in [1.165, 1.54) is 18.2 Å². The Morgan fingerprint density at radius 1 is 1.17 bits per heavy atom. The molecule has 1 fully saturated rings. The summed E-state index contributed by atoms with van der Waals surface area (Å²) in [6.45, 7) is 4.26. The number of furan rings is 1. The van der Waals surface area contributed by atoms with Crippen molar-refractivity contribution in [3.05, 3.63) is 47.7 Å². The molecule has 1 aliphatic heterocycles. The highest BCUT2D eigenvalue weighted by atomic mass is 35.5. The Labute approximate surface area is 179 Å². The van der Waals surface area contributed by atoms with Crippen molar-refractivity contribution in [2.75, 3.05) is 5.75 Å². The van der Waals surface area contributed by atoms with Crippen molar-refractivity contribution in [1.82, 2.24) is 19.7 Å². The van der Waals surface area contributed by atoms with Gasteiger partial charge in [-0.25, -0.2) is 0 Å². The molecule has 152 valence electrons. The summed E-state index contributed by atoms with van der Waals surface area (Å²) < 4.78 is 7.43. The Morgan fingerprint density at radius 3 is 2.55 bits per heavy atom. The van der Waals surface area contributed by atoms with Gasteiger partial charge in [0.25, 0.3) is 0 Å². The third-order valence-electron chi connectivity index (χ3n) is 5.27. The first kappa shape index (κ1) is 20.0. The highest BCUT2D eigenvalue weighted by Crippen LogP contribution is 2.30. The van der Waals surface area contributed by atoms with Crippen molar-refractivity contribution < 1.29 is 9.21 Å². The van der Waals surface area contributed by atoms with Gasteiger partial charge in [0.1, 0.15) is 0 Å². The van der Waals surface area contributed by atoms with Crippen LogP contribution in [0.2, 0.25) is 5.02 Å². The van der Waals surface area contributed by atoms with Gasteiger partial charge in [0.2, 0.25) is 11.7 Å². The number of thioether (sulfide) groups is 1. The molecule has 0 bridgehead atoms. The maximum Gasteiger partial charge on any atom is 0.233 e. The summed E-state index contributed by atoms with van der Waals surface area (Å²) >= 11 is 7.45. The largest absolute Gasteiger partial charge is 0.461 e. The molecule has 0 aliphatic carbocycles. The number of benzene rings is 1. The van der Waals surface area contributed by atoms with E-state index in [2.05, 4.69) is 24.0 Å². The Hall–Kier alpha value is -2.25. The quantitative estimate of drug-likeness (QED) is 0.529. The van der Waals surface area contributed by atoms with Crippen molar-refractivity contribution in [3.63, 3.8) is 0 Å². The molecule has 0 unspecified atom stereocenters. The van der Waals surface area contributed by atoms with Crippen LogP contribution in [0.5, 0.6) is 0 Å². The molecule has 1 aliphatic rings. The lowest BCUT2D eigenvalue weighted by Gasteiger charge is -2.39. The number of hydrogen-bond acceptors (Lipinski definition) is 5. The fourth-order valence-electron chi connectivity index (χ4n) is 3.87. The van der Waals surface area contributed by atoms with E-state index in [0.29, 0.717) is 27.5 Å². The summed E-state index contributed by atoms with van der Waals surface area (Å²) in [6.07, 6.45) is 4.90. The summed E-state index contributed by atoms with van der Waals surface area (Å²) in [4.78, 5) is 15.0. The van der Waals surface area contributed by atoms with Gasteiger partial charge in [-0.3, -0.25) is 9.36 Å². The number of hydrogen-bond donors (Lipinski definition) is 0. The van der Waals surface area contributed by atoms with E-state index in [9.17, 15) is 4.79 Å². The number of carbonyl (C=O) groups is 1. The van der Waals surface area contributed by atoms with Crippen molar-refractivity contribution in [3.8, 4) is 17.3 Å². The first-order valence-electron chi connectivity index (χ1n) is 9.74. The number of piperidine rings is 1. The molecule has 1 amide bonds. The van der Waals surface area contributed by atoms with E-state index in [0.717, 1.165) is 18.5 Å². The fourth-order valence-corrected chi connectivity index (χ4v) is 4.81. The van der Waals surface area contributed by atoms with E-state index in [-0.39, 0.29) is 18.0 Å². The minimum Gasteiger partial charge on any atom is -0.461 e. The molecule has 1 saturated heterocycles. The summed E-state index contributed by atoms with van der Waals surface area (Å²) in [5, 5.41) is 9.95. The van der Waals surface area contributed by atoms with Gasteiger partial charge in [-0.05, 0) is 69.5 Å². The van der Waals surface area contributed by atoms with Crippen molar-refractivity contribution >= 4 is 29.3 Å². The predicted molar refractivity (Wildman–Crippen MR) is 114 cm³/mol. The Bertz CT molecular complexity index is 961. The summed E-state index contributed by atoms with van der Waals surface area (Å²) in [5.41, 5.74) is 0.862. The van der Waals surface area contributed by atoms with Gasteiger partial charge in [-0.2, -0.15) is 0 Å². The first-order chi connectivity index (χ1) is 14.0. The number of aromatic nitrogens is 3. The minimum absolute atomic E-state index is 0.139. The second kappa shape index (κ2) is 8.63. The van der Waals surface area contributed by atoms with Crippen LogP contribution in [0.1, 0.15) is 33.1 Å². The summed E-state index contributed by atoms with van der Waals surface area (Å²) in [6, 6.07) is 11.6. The van der Waals surface area contributed by atoms with Crippen LogP contribution in [0.25, 0.3) is 17.3 Å². The van der Waals surface area contributed by atoms with E-state index in [1.807, 2.05) is 45.9 Å². The molecule has 2 aromatic heterocycles. The monoisotopic (exact) mass is 430 g/mol. The first-order valence-corrected chi connectivity index (χ1v) is 11.1. The van der Waals surface area contributed by atoms with Crippen molar-refractivity contribution in [2.24, 2.45) is 0 Å². The zero-order chi connectivity index (χ0) is 20.4. The molecule has 2 atom stereocenters. The molecule has 8 heteroatoms.